The molecule has 0 saturated heterocycles. The Bertz CT molecular complexity index is 1290. The van der Waals surface area contributed by atoms with Crippen LogP contribution in [0.1, 0.15) is 41.7 Å². The van der Waals surface area contributed by atoms with Crippen LogP contribution in [0, 0.1) is 17.6 Å². The zero-order valence-electron chi connectivity index (χ0n) is 18.3. The van der Waals surface area contributed by atoms with Crippen molar-refractivity contribution >= 4 is 23.2 Å². The number of hydrogen-bond acceptors (Lipinski definition) is 6. The second kappa shape index (κ2) is 9.51. The van der Waals surface area contributed by atoms with Gasteiger partial charge >= 0.3 is 0 Å². The Morgan fingerprint density at radius 1 is 1.18 bits per heavy atom. The van der Waals surface area contributed by atoms with Crippen LogP contribution in [0.2, 0.25) is 0 Å². The van der Waals surface area contributed by atoms with Gasteiger partial charge in [-0.25, -0.2) is 18.6 Å². The molecule has 0 aliphatic heterocycles. The van der Waals surface area contributed by atoms with E-state index in [1.807, 2.05) is 12.9 Å². The number of halogens is 2. The molecule has 1 saturated carbocycles. The number of carbonyl (C=O) groups excluding carboxylic acids is 2. The van der Waals surface area contributed by atoms with Gasteiger partial charge in [-0.3, -0.25) is 9.78 Å². The van der Waals surface area contributed by atoms with Gasteiger partial charge in [-0.1, -0.05) is 6.92 Å². The number of carbonyl (C=O) groups is 1. The third kappa shape index (κ3) is 4.57. The number of aromatic nitrogens is 2. The lowest BCUT2D eigenvalue weighted by Crippen LogP contribution is -2.28. The second-order valence-corrected chi connectivity index (χ2v) is 8.32. The van der Waals surface area contributed by atoms with Gasteiger partial charge in [-0.2, -0.15) is 0 Å². The van der Waals surface area contributed by atoms with E-state index in [0.717, 1.165) is 17.7 Å². The third-order valence-electron chi connectivity index (χ3n) is 6.05. The molecule has 4 rings (SSSR count). The average Bonchev–Trinajstić information content (AvgIpc) is 2.81. The number of anilines is 2. The van der Waals surface area contributed by atoms with Crippen molar-refractivity contribution in [2.75, 3.05) is 11.1 Å². The molecule has 34 heavy (non-hydrogen) atoms. The molecule has 1 aliphatic rings. The summed E-state index contributed by atoms with van der Waals surface area (Å²) in [6.45, 7) is 1.85. The van der Waals surface area contributed by atoms with Crippen molar-refractivity contribution in [2.24, 2.45) is 5.92 Å². The lowest BCUT2D eigenvalue weighted by Gasteiger charge is -2.32. The van der Waals surface area contributed by atoms with Crippen LogP contribution in [0.5, 0.6) is 0 Å². The van der Waals surface area contributed by atoms with Crippen LogP contribution in [0.15, 0.2) is 54.4 Å². The Morgan fingerprint density at radius 3 is 2.68 bits per heavy atom. The SMILES string of the molecule is C[C@H]1C[C@@H](c2ccncc2NC(=O)c2nc(-c3ccc(F)c(F)c3)ccc2N)C[C@@H](O)C1=C=O. The number of aliphatic hydroxyl groups excluding tert-OH is 1. The maximum atomic E-state index is 13.7. The fourth-order valence-electron chi connectivity index (χ4n) is 4.31. The van der Waals surface area contributed by atoms with E-state index >= 15 is 0 Å². The number of nitrogens with one attached hydrogen (secondary N) is 1. The summed E-state index contributed by atoms with van der Waals surface area (Å²) < 4.78 is 26.9. The van der Waals surface area contributed by atoms with Crippen LogP contribution in [0.4, 0.5) is 20.2 Å². The molecule has 174 valence electrons. The number of nitrogens with two attached hydrogens (primary N) is 1. The monoisotopic (exact) mass is 464 g/mol. The van der Waals surface area contributed by atoms with E-state index in [1.165, 1.54) is 24.4 Å². The smallest absolute Gasteiger partial charge is 0.276 e. The molecule has 1 aliphatic carbocycles. The summed E-state index contributed by atoms with van der Waals surface area (Å²) in [4.78, 5) is 32.6. The van der Waals surface area contributed by atoms with Crippen LogP contribution >= 0.6 is 0 Å². The maximum Gasteiger partial charge on any atom is 0.276 e. The molecule has 0 unspecified atom stereocenters. The molecular formula is C25H22F2N4O3. The topological polar surface area (TPSA) is 118 Å². The van der Waals surface area contributed by atoms with Crippen molar-refractivity contribution in [3.05, 3.63) is 77.3 Å². The van der Waals surface area contributed by atoms with Gasteiger partial charge in [-0.15, -0.1) is 0 Å². The van der Waals surface area contributed by atoms with Gasteiger partial charge in [-0.05, 0) is 66.6 Å². The highest BCUT2D eigenvalue weighted by atomic mass is 19.2. The highest BCUT2D eigenvalue weighted by Gasteiger charge is 2.33. The minimum absolute atomic E-state index is 0.0831. The van der Waals surface area contributed by atoms with E-state index in [4.69, 9.17) is 5.73 Å². The van der Waals surface area contributed by atoms with Gasteiger partial charge < -0.3 is 16.2 Å². The van der Waals surface area contributed by atoms with Crippen molar-refractivity contribution in [3.63, 3.8) is 0 Å². The number of nitrogen functional groups attached to an aromatic ring is 1. The second-order valence-electron chi connectivity index (χ2n) is 8.32. The summed E-state index contributed by atoms with van der Waals surface area (Å²) >= 11 is 0. The molecule has 1 fully saturated rings. The molecule has 2 heterocycles. The minimum atomic E-state index is -1.03. The molecule has 1 aromatic carbocycles. The summed E-state index contributed by atoms with van der Waals surface area (Å²) in [6, 6.07) is 8.06. The largest absolute Gasteiger partial charge is 0.397 e. The van der Waals surface area contributed by atoms with E-state index in [1.54, 1.807) is 12.3 Å². The number of rotatable bonds is 4. The number of nitrogens with zero attached hydrogens (tertiary/aromatic N) is 2. The summed E-state index contributed by atoms with van der Waals surface area (Å²) in [5, 5.41) is 13.1. The first-order valence-electron chi connectivity index (χ1n) is 10.7. The Morgan fingerprint density at radius 2 is 1.97 bits per heavy atom. The molecule has 0 bridgehead atoms. The lowest BCUT2D eigenvalue weighted by atomic mass is 9.74. The van der Waals surface area contributed by atoms with Gasteiger partial charge in [0, 0.05) is 17.3 Å². The number of aliphatic hydroxyl groups is 1. The van der Waals surface area contributed by atoms with Crippen LogP contribution in [0.3, 0.4) is 0 Å². The van der Waals surface area contributed by atoms with E-state index in [9.17, 15) is 23.5 Å². The number of amides is 1. The Kier molecular flexibility index (Phi) is 6.49. The molecule has 4 N–H and O–H groups in total. The number of hydrogen-bond donors (Lipinski definition) is 3. The average molecular weight is 464 g/mol. The highest BCUT2D eigenvalue weighted by Crippen LogP contribution is 2.40. The van der Waals surface area contributed by atoms with E-state index < -0.39 is 23.6 Å². The van der Waals surface area contributed by atoms with Crippen LogP contribution in [-0.4, -0.2) is 33.0 Å². The molecule has 7 nitrogen and oxygen atoms in total. The van der Waals surface area contributed by atoms with Gasteiger partial charge in [0.1, 0.15) is 5.94 Å². The normalized spacial score (nSPS) is 20.0. The minimum Gasteiger partial charge on any atom is -0.397 e. The van der Waals surface area contributed by atoms with Crippen LogP contribution in [0.25, 0.3) is 11.3 Å². The van der Waals surface area contributed by atoms with Crippen molar-refractivity contribution in [1.82, 2.24) is 9.97 Å². The van der Waals surface area contributed by atoms with E-state index in [-0.39, 0.29) is 28.9 Å². The first kappa shape index (κ1) is 23.2. The van der Waals surface area contributed by atoms with Gasteiger partial charge in [0.2, 0.25) is 0 Å². The molecule has 9 heteroatoms. The third-order valence-corrected chi connectivity index (χ3v) is 6.05. The summed E-state index contributed by atoms with van der Waals surface area (Å²) in [5.74, 6) is -1.06. The molecule has 3 aromatic rings. The first-order chi connectivity index (χ1) is 16.3. The van der Waals surface area contributed by atoms with Crippen LogP contribution < -0.4 is 11.1 Å². The Balaban J connectivity index is 1.62. The molecular weight excluding hydrogens is 442 g/mol. The Hall–Kier alpha value is -3.94. The van der Waals surface area contributed by atoms with Crippen molar-refractivity contribution < 1.29 is 23.5 Å². The summed E-state index contributed by atoms with van der Waals surface area (Å²) in [7, 11) is 0. The van der Waals surface area contributed by atoms with Crippen molar-refractivity contribution in [2.45, 2.75) is 31.8 Å². The fourth-order valence-corrected chi connectivity index (χ4v) is 4.31. The first-order valence-corrected chi connectivity index (χ1v) is 10.7. The number of pyridine rings is 2. The van der Waals surface area contributed by atoms with Crippen molar-refractivity contribution in [1.29, 1.82) is 0 Å². The van der Waals surface area contributed by atoms with E-state index in [0.29, 0.717) is 29.7 Å². The van der Waals surface area contributed by atoms with Crippen molar-refractivity contribution in [3.8, 4) is 11.3 Å². The molecule has 0 radical (unpaired) electrons. The van der Waals surface area contributed by atoms with Gasteiger partial charge in [0.05, 0.1) is 29.4 Å². The highest BCUT2D eigenvalue weighted by molar-refractivity contribution is 6.06. The zero-order valence-corrected chi connectivity index (χ0v) is 18.3. The number of benzene rings is 1. The van der Waals surface area contributed by atoms with E-state index in [2.05, 4.69) is 15.3 Å². The molecule has 1 amide bonds. The fraction of sp³-hybridized carbons (Fsp3) is 0.240. The van der Waals surface area contributed by atoms with Gasteiger partial charge in [0.15, 0.2) is 17.3 Å². The predicted octanol–water partition coefficient (Wildman–Crippen LogP) is 3.89. The summed E-state index contributed by atoms with van der Waals surface area (Å²) in [6.07, 6.45) is 3.08. The van der Waals surface area contributed by atoms with Gasteiger partial charge in [0.25, 0.3) is 5.91 Å². The molecule has 0 spiro atoms. The maximum absolute atomic E-state index is 13.7. The summed E-state index contributed by atoms with van der Waals surface area (Å²) in [5.41, 5.74) is 8.08. The zero-order chi connectivity index (χ0) is 24.4. The standard InChI is InChI=1S/C25H22F2N4O3/c1-13-8-15(10-23(33)17(13)12-32)16-6-7-29-11-22(16)31-25(34)24-20(28)4-5-21(30-24)14-2-3-18(26)19(27)9-14/h2-7,9,11,13,15,23,33H,8,10,28H2,1H3,(H,31,34)/t13-,15+,23+/m0/s1. The molecule has 3 atom stereocenters. The lowest BCUT2D eigenvalue weighted by molar-refractivity contribution is 0.102. The predicted molar refractivity (Wildman–Crippen MR) is 123 cm³/mol. The quantitative estimate of drug-likeness (QED) is 0.504. The Labute approximate surface area is 194 Å². The molecule has 2 aromatic heterocycles. The van der Waals surface area contributed by atoms with Crippen LogP contribution in [-0.2, 0) is 4.79 Å².